The Hall–Kier alpha value is -7.43. The Morgan fingerprint density at radius 2 is 0.738 bits per heavy atom. The molecule has 0 atom stereocenters. The van der Waals surface area contributed by atoms with E-state index in [1.807, 2.05) is 6.07 Å². The number of anilines is 3. The van der Waals surface area contributed by atoms with Crippen LogP contribution >= 0.6 is 0 Å². The molecule has 1 aromatic heterocycles. The molecule has 0 aliphatic heterocycles. The van der Waals surface area contributed by atoms with Gasteiger partial charge in [-0.15, -0.1) is 0 Å². The lowest BCUT2D eigenvalue weighted by Gasteiger charge is -2.37. The second kappa shape index (κ2) is 14.1. The van der Waals surface area contributed by atoms with Crippen molar-refractivity contribution in [2.45, 2.75) is 38.5 Å². The van der Waals surface area contributed by atoms with Gasteiger partial charge in [0.2, 0.25) is 0 Å². The molecule has 4 heteroatoms. The maximum Gasteiger partial charge on any atom is 0.165 e. The van der Waals surface area contributed by atoms with Gasteiger partial charge in [0.1, 0.15) is 0 Å². The number of rotatable bonds is 7. The van der Waals surface area contributed by atoms with E-state index in [9.17, 15) is 0 Å². The monoisotopic (exact) mass is 784 g/mol. The first-order valence-corrected chi connectivity index (χ1v) is 21.1. The first kappa shape index (κ1) is 36.6. The van der Waals surface area contributed by atoms with E-state index in [1.54, 1.807) is 0 Å². The summed E-state index contributed by atoms with van der Waals surface area (Å²) < 4.78 is 0. The van der Waals surface area contributed by atoms with Crippen molar-refractivity contribution in [1.29, 1.82) is 0 Å². The molecule has 0 spiro atoms. The van der Waals surface area contributed by atoms with Crippen LogP contribution in [0.4, 0.5) is 17.1 Å². The van der Waals surface area contributed by atoms with Crippen LogP contribution in [0.1, 0.15) is 49.9 Å². The Bertz CT molecular complexity index is 2990. The molecule has 0 radical (unpaired) electrons. The van der Waals surface area contributed by atoms with Crippen molar-refractivity contribution in [2.75, 3.05) is 4.90 Å². The highest BCUT2D eigenvalue weighted by Gasteiger charge is 2.49. The number of fused-ring (bicyclic) bond motifs is 6. The Kier molecular flexibility index (Phi) is 8.47. The van der Waals surface area contributed by atoms with E-state index in [2.05, 4.69) is 221 Å². The Balaban J connectivity index is 1.31. The largest absolute Gasteiger partial charge is 0.310 e. The third-order valence-electron chi connectivity index (χ3n) is 12.8. The highest BCUT2D eigenvalue weighted by Crippen LogP contribution is 2.65. The summed E-state index contributed by atoms with van der Waals surface area (Å²) in [7, 11) is 0. The summed E-state index contributed by atoms with van der Waals surface area (Å²) in [5.74, 6) is 1.95. The predicted octanol–water partition coefficient (Wildman–Crippen LogP) is 14.6. The number of hydrogen-bond acceptors (Lipinski definition) is 4. The van der Waals surface area contributed by atoms with Crippen molar-refractivity contribution in [3.63, 3.8) is 0 Å². The summed E-state index contributed by atoms with van der Waals surface area (Å²) in [6, 6.07) is 69.1. The average Bonchev–Trinajstić information content (AvgIpc) is 3.70. The topological polar surface area (TPSA) is 41.9 Å². The summed E-state index contributed by atoms with van der Waals surface area (Å²) in [5.41, 5.74) is 17.7. The zero-order valence-electron chi connectivity index (χ0n) is 34.8. The van der Waals surface area contributed by atoms with E-state index in [4.69, 9.17) is 15.0 Å². The fourth-order valence-electron chi connectivity index (χ4n) is 10.1. The Morgan fingerprint density at radius 1 is 0.344 bits per heavy atom. The number of nitrogens with zero attached hydrogens (tertiary/aromatic N) is 4. The van der Waals surface area contributed by atoms with Gasteiger partial charge in [-0.3, -0.25) is 0 Å². The minimum absolute atomic E-state index is 0.389. The molecule has 11 rings (SSSR count). The third kappa shape index (κ3) is 5.78. The van der Waals surface area contributed by atoms with Crippen LogP contribution in [0.15, 0.2) is 194 Å². The summed E-state index contributed by atoms with van der Waals surface area (Å²) in [5, 5.41) is 0. The van der Waals surface area contributed by atoms with Gasteiger partial charge >= 0.3 is 0 Å². The minimum Gasteiger partial charge on any atom is -0.310 e. The Morgan fingerprint density at radius 3 is 1.26 bits per heavy atom. The van der Waals surface area contributed by atoms with E-state index < -0.39 is 0 Å². The molecule has 2 aliphatic carbocycles. The fourth-order valence-corrected chi connectivity index (χ4v) is 10.1. The van der Waals surface area contributed by atoms with Crippen molar-refractivity contribution < 1.29 is 0 Å². The van der Waals surface area contributed by atoms with Crippen molar-refractivity contribution in [3.05, 3.63) is 216 Å². The molecule has 292 valence electrons. The molecule has 0 saturated carbocycles. The van der Waals surface area contributed by atoms with Crippen LogP contribution in [-0.4, -0.2) is 15.0 Å². The van der Waals surface area contributed by atoms with Gasteiger partial charge < -0.3 is 4.90 Å². The molecule has 2 aliphatic rings. The first-order chi connectivity index (χ1) is 29.8. The van der Waals surface area contributed by atoms with Crippen LogP contribution < -0.4 is 4.90 Å². The molecule has 4 nitrogen and oxygen atoms in total. The van der Waals surface area contributed by atoms with Gasteiger partial charge in [-0.1, -0.05) is 191 Å². The molecule has 0 bridgehead atoms. The van der Waals surface area contributed by atoms with E-state index in [0.29, 0.717) is 17.5 Å². The van der Waals surface area contributed by atoms with Crippen LogP contribution in [0.5, 0.6) is 0 Å². The quantitative estimate of drug-likeness (QED) is 0.161. The van der Waals surface area contributed by atoms with Gasteiger partial charge in [0.15, 0.2) is 17.5 Å². The van der Waals surface area contributed by atoms with Crippen LogP contribution in [0.25, 0.3) is 67.5 Å². The molecule has 1 heterocycles. The number of para-hydroxylation sites is 2. The summed E-state index contributed by atoms with van der Waals surface area (Å²) in [6.07, 6.45) is 0. The zero-order chi connectivity index (χ0) is 41.3. The van der Waals surface area contributed by atoms with Gasteiger partial charge in [-0.05, 0) is 86.0 Å². The molecule has 0 saturated heterocycles. The second-order valence-corrected chi connectivity index (χ2v) is 17.2. The van der Waals surface area contributed by atoms with Crippen LogP contribution in [0, 0.1) is 0 Å². The van der Waals surface area contributed by atoms with Crippen molar-refractivity contribution in [3.8, 4) is 67.5 Å². The molecule has 0 fully saturated rings. The summed E-state index contributed by atoms with van der Waals surface area (Å²) in [6.45, 7) is 9.57. The smallest absolute Gasteiger partial charge is 0.165 e. The van der Waals surface area contributed by atoms with E-state index >= 15 is 0 Å². The lowest BCUT2D eigenvalue weighted by atomic mass is 9.74. The van der Waals surface area contributed by atoms with Gasteiger partial charge in [-0.25, -0.2) is 15.0 Å². The van der Waals surface area contributed by atoms with E-state index in [0.717, 1.165) is 39.2 Å². The lowest BCUT2D eigenvalue weighted by molar-refractivity contribution is 0.640. The maximum atomic E-state index is 5.59. The van der Waals surface area contributed by atoms with Crippen LogP contribution in [-0.2, 0) is 10.8 Å². The molecular weight excluding hydrogens is 741 g/mol. The molecule has 0 unspecified atom stereocenters. The predicted molar refractivity (Wildman–Crippen MR) is 251 cm³/mol. The molecular formula is C57H44N4. The van der Waals surface area contributed by atoms with Gasteiger partial charge in [-0.2, -0.15) is 0 Å². The second-order valence-electron chi connectivity index (χ2n) is 17.2. The van der Waals surface area contributed by atoms with Crippen molar-refractivity contribution in [1.82, 2.24) is 15.0 Å². The number of aromatic nitrogens is 3. The van der Waals surface area contributed by atoms with Gasteiger partial charge in [0.25, 0.3) is 0 Å². The average molecular weight is 785 g/mol. The summed E-state index contributed by atoms with van der Waals surface area (Å²) in [4.78, 5) is 18.9. The molecule has 0 amide bonds. The van der Waals surface area contributed by atoms with Crippen molar-refractivity contribution >= 4 is 17.1 Å². The summed E-state index contributed by atoms with van der Waals surface area (Å²) >= 11 is 0. The highest BCUT2D eigenvalue weighted by atomic mass is 15.2. The normalized spacial score (nSPS) is 13.8. The fraction of sp³-hybridized carbons (Fsp3) is 0.105. The van der Waals surface area contributed by atoms with E-state index in [-0.39, 0.29) is 10.8 Å². The first-order valence-electron chi connectivity index (χ1n) is 21.1. The third-order valence-corrected chi connectivity index (χ3v) is 12.8. The molecule has 61 heavy (non-hydrogen) atoms. The molecule has 0 N–H and O–H groups in total. The minimum atomic E-state index is -0.389. The molecule has 9 aromatic rings. The van der Waals surface area contributed by atoms with Gasteiger partial charge in [0.05, 0.1) is 5.69 Å². The number of benzene rings is 8. The van der Waals surface area contributed by atoms with Gasteiger partial charge in [0, 0.05) is 38.9 Å². The number of hydrogen-bond donors (Lipinski definition) is 0. The van der Waals surface area contributed by atoms with Crippen molar-refractivity contribution in [2.24, 2.45) is 0 Å². The van der Waals surface area contributed by atoms with Crippen LogP contribution in [0.2, 0.25) is 0 Å². The Labute approximate surface area is 357 Å². The van der Waals surface area contributed by atoms with E-state index in [1.165, 1.54) is 50.2 Å². The maximum absolute atomic E-state index is 5.59. The standard InChI is InChI=1S/C57H44N4/c1-56(2)45-34-19-17-32-43(45)47-49(55-59-53(38-24-11-6-12-25-38)58-54(60-55)40-27-21-26-39(36-40)37-22-9-5-10-23-37)48-44-33-18-20-35-46(44)57(3,4)51(48)52(50(47)56)61(41-28-13-7-14-29-41)42-30-15-8-16-31-42/h5-36H,1-4H3. The lowest BCUT2D eigenvalue weighted by Crippen LogP contribution is -2.26. The SMILES string of the molecule is CC1(C)c2ccccc2-c2c(-c3nc(-c4ccccc4)nc(-c4cccc(-c5ccccc5)c4)n3)c3c(c(N(c4ccccc4)c4ccccc4)c21)C(C)(C)c1ccccc1-3. The van der Waals surface area contributed by atoms with Crippen LogP contribution in [0.3, 0.4) is 0 Å². The highest BCUT2D eigenvalue weighted by molar-refractivity contribution is 6.09. The zero-order valence-corrected chi connectivity index (χ0v) is 34.8. The molecule has 8 aromatic carbocycles.